The second-order valence-corrected chi connectivity index (χ2v) is 3.59. The minimum absolute atomic E-state index is 0.587. The van der Waals surface area contributed by atoms with Crippen molar-refractivity contribution in [2.75, 3.05) is 6.61 Å². The molecule has 82 valence electrons. The fourth-order valence-corrected chi connectivity index (χ4v) is 1.56. The van der Waals surface area contributed by atoms with Crippen LogP contribution in [0.2, 0.25) is 5.02 Å². The standard InChI is InChI=1S/C12H11ClN2O/c1-2-16-12-8-9(5-6-10(12)13)11-4-3-7-14-15-11/h3-8H,2H2,1H3. The first-order chi connectivity index (χ1) is 7.81. The molecule has 0 bridgehead atoms. The lowest BCUT2D eigenvalue weighted by atomic mass is 10.1. The van der Waals surface area contributed by atoms with Crippen molar-refractivity contribution in [1.82, 2.24) is 10.2 Å². The fraction of sp³-hybridized carbons (Fsp3) is 0.167. The molecule has 0 radical (unpaired) electrons. The summed E-state index contributed by atoms with van der Waals surface area (Å²) >= 11 is 6.00. The molecule has 0 atom stereocenters. The average molecular weight is 235 g/mol. The summed E-state index contributed by atoms with van der Waals surface area (Å²) in [5.74, 6) is 0.673. The van der Waals surface area contributed by atoms with Gasteiger partial charge in [0.2, 0.25) is 0 Å². The van der Waals surface area contributed by atoms with E-state index in [4.69, 9.17) is 16.3 Å². The molecule has 3 nitrogen and oxygen atoms in total. The molecule has 16 heavy (non-hydrogen) atoms. The van der Waals surface area contributed by atoms with Gasteiger partial charge in [-0.05, 0) is 31.2 Å². The molecule has 2 rings (SSSR count). The molecule has 0 saturated carbocycles. The second kappa shape index (κ2) is 4.94. The molecule has 0 spiro atoms. The zero-order chi connectivity index (χ0) is 11.4. The van der Waals surface area contributed by atoms with Gasteiger partial charge in [-0.1, -0.05) is 17.7 Å². The third-order valence-electron chi connectivity index (χ3n) is 2.10. The first-order valence-electron chi connectivity index (χ1n) is 5.01. The number of benzene rings is 1. The molecule has 0 unspecified atom stereocenters. The molecule has 0 N–H and O–H groups in total. The van der Waals surface area contributed by atoms with Gasteiger partial charge in [-0.25, -0.2) is 0 Å². The number of hydrogen-bond donors (Lipinski definition) is 0. The van der Waals surface area contributed by atoms with Gasteiger partial charge in [-0.3, -0.25) is 0 Å². The maximum absolute atomic E-state index is 6.00. The highest BCUT2D eigenvalue weighted by Crippen LogP contribution is 2.29. The molecule has 1 aromatic carbocycles. The smallest absolute Gasteiger partial charge is 0.138 e. The number of hydrogen-bond acceptors (Lipinski definition) is 3. The summed E-state index contributed by atoms with van der Waals surface area (Å²) in [5.41, 5.74) is 1.75. The monoisotopic (exact) mass is 234 g/mol. The lowest BCUT2D eigenvalue weighted by Crippen LogP contribution is -1.93. The van der Waals surface area contributed by atoms with Gasteiger partial charge in [-0.15, -0.1) is 0 Å². The highest BCUT2D eigenvalue weighted by atomic mass is 35.5. The molecule has 2 aromatic rings. The van der Waals surface area contributed by atoms with Crippen molar-refractivity contribution >= 4 is 11.6 Å². The van der Waals surface area contributed by atoms with Crippen molar-refractivity contribution in [1.29, 1.82) is 0 Å². The molecule has 0 aliphatic carbocycles. The molecular weight excluding hydrogens is 224 g/mol. The lowest BCUT2D eigenvalue weighted by molar-refractivity contribution is 0.340. The third-order valence-corrected chi connectivity index (χ3v) is 2.41. The minimum Gasteiger partial charge on any atom is -0.492 e. The van der Waals surface area contributed by atoms with Crippen LogP contribution in [0.15, 0.2) is 36.5 Å². The van der Waals surface area contributed by atoms with Gasteiger partial charge in [0, 0.05) is 11.8 Å². The van der Waals surface area contributed by atoms with E-state index in [2.05, 4.69) is 10.2 Å². The summed E-state index contributed by atoms with van der Waals surface area (Å²) in [6.07, 6.45) is 1.64. The van der Waals surface area contributed by atoms with Gasteiger partial charge in [-0.2, -0.15) is 10.2 Å². The van der Waals surface area contributed by atoms with Crippen LogP contribution < -0.4 is 4.74 Å². The largest absolute Gasteiger partial charge is 0.492 e. The molecule has 0 saturated heterocycles. The predicted octanol–water partition coefficient (Wildman–Crippen LogP) is 3.20. The number of aromatic nitrogens is 2. The topological polar surface area (TPSA) is 35.0 Å². The van der Waals surface area contributed by atoms with E-state index in [0.717, 1.165) is 11.3 Å². The van der Waals surface area contributed by atoms with E-state index in [0.29, 0.717) is 17.4 Å². The van der Waals surface area contributed by atoms with Crippen molar-refractivity contribution in [3.05, 3.63) is 41.6 Å². The van der Waals surface area contributed by atoms with Crippen LogP contribution in [0.4, 0.5) is 0 Å². The third kappa shape index (κ3) is 2.31. The predicted molar refractivity (Wildman–Crippen MR) is 63.6 cm³/mol. The highest BCUT2D eigenvalue weighted by molar-refractivity contribution is 6.32. The van der Waals surface area contributed by atoms with Crippen molar-refractivity contribution < 1.29 is 4.74 Å². The Morgan fingerprint density at radius 2 is 2.19 bits per heavy atom. The van der Waals surface area contributed by atoms with Gasteiger partial charge >= 0.3 is 0 Å². The zero-order valence-electron chi connectivity index (χ0n) is 8.85. The van der Waals surface area contributed by atoms with Crippen LogP contribution >= 0.6 is 11.6 Å². The van der Waals surface area contributed by atoms with Crippen LogP contribution in [-0.2, 0) is 0 Å². The molecule has 0 fully saturated rings. The minimum atomic E-state index is 0.587. The van der Waals surface area contributed by atoms with Crippen molar-refractivity contribution in [2.45, 2.75) is 6.92 Å². The van der Waals surface area contributed by atoms with Crippen LogP contribution in [0.25, 0.3) is 11.3 Å². The van der Waals surface area contributed by atoms with E-state index in [9.17, 15) is 0 Å². The summed E-state index contributed by atoms with van der Waals surface area (Å²) in [7, 11) is 0. The van der Waals surface area contributed by atoms with Crippen LogP contribution in [0.3, 0.4) is 0 Å². The number of halogens is 1. The second-order valence-electron chi connectivity index (χ2n) is 3.19. The summed E-state index contributed by atoms with van der Waals surface area (Å²) in [4.78, 5) is 0. The number of ether oxygens (including phenoxy) is 1. The maximum Gasteiger partial charge on any atom is 0.138 e. The Bertz CT molecular complexity index is 474. The van der Waals surface area contributed by atoms with E-state index in [1.54, 1.807) is 12.3 Å². The lowest BCUT2D eigenvalue weighted by Gasteiger charge is -2.07. The van der Waals surface area contributed by atoms with Crippen LogP contribution in [0.1, 0.15) is 6.92 Å². The molecule has 1 aromatic heterocycles. The Morgan fingerprint density at radius 1 is 1.31 bits per heavy atom. The molecule has 0 amide bonds. The number of nitrogens with zero attached hydrogens (tertiary/aromatic N) is 2. The Hall–Kier alpha value is -1.61. The van der Waals surface area contributed by atoms with Crippen LogP contribution in [-0.4, -0.2) is 16.8 Å². The number of rotatable bonds is 3. The Balaban J connectivity index is 2.40. The quantitative estimate of drug-likeness (QED) is 0.818. The van der Waals surface area contributed by atoms with Gasteiger partial charge in [0.25, 0.3) is 0 Å². The van der Waals surface area contributed by atoms with E-state index >= 15 is 0 Å². The van der Waals surface area contributed by atoms with Gasteiger partial charge in [0.15, 0.2) is 0 Å². The van der Waals surface area contributed by atoms with Gasteiger partial charge in [0.1, 0.15) is 5.75 Å². The first-order valence-corrected chi connectivity index (χ1v) is 5.39. The van der Waals surface area contributed by atoms with Crippen molar-refractivity contribution in [3.63, 3.8) is 0 Å². The molecule has 0 aliphatic heterocycles. The highest BCUT2D eigenvalue weighted by Gasteiger charge is 2.05. The maximum atomic E-state index is 6.00. The molecule has 1 heterocycles. The average Bonchev–Trinajstić information content (AvgIpc) is 2.33. The van der Waals surface area contributed by atoms with Crippen molar-refractivity contribution in [3.8, 4) is 17.0 Å². The Morgan fingerprint density at radius 3 is 2.88 bits per heavy atom. The van der Waals surface area contributed by atoms with E-state index in [1.807, 2.05) is 31.2 Å². The molecule has 0 aliphatic rings. The molecular formula is C12H11ClN2O. The van der Waals surface area contributed by atoms with Gasteiger partial charge < -0.3 is 4.74 Å². The van der Waals surface area contributed by atoms with E-state index in [1.165, 1.54) is 0 Å². The SMILES string of the molecule is CCOc1cc(-c2cccnn2)ccc1Cl. The molecule has 4 heteroatoms. The van der Waals surface area contributed by atoms with E-state index in [-0.39, 0.29) is 0 Å². The summed E-state index contributed by atoms with van der Waals surface area (Å²) < 4.78 is 5.42. The summed E-state index contributed by atoms with van der Waals surface area (Å²) in [6, 6.07) is 9.31. The summed E-state index contributed by atoms with van der Waals surface area (Å²) in [6.45, 7) is 2.51. The normalized spacial score (nSPS) is 10.1. The van der Waals surface area contributed by atoms with Gasteiger partial charge in [0.05, 0.1) is 17.3 Å². The van der Waals surface area contributed by atoms with E-state index < -0.39 is 0 Å². The Labute approximate surface area is 99.0 Å². The Kier molecular flexibility index (Phi) is 3.37. The zero-order valence-corrected chi connectivity index (χ0v) is 9.61. The van der Waals surface area contributed by atoms with Crippen LogP contribution in [0.5, 0.6) is 5.75 Å². The first kappa shape index (κ1) is 10.9. The summed E-state index contributed by atoms with van der Waals surface area (Å²) in [5, 5.41) is 8.47. The van der Waals surface area contributed by atoms with Crippen LogP contribution in [0, 0.1) is 0 Å². The fourth-order valence-electron chi connectivity index (χ4n) is 1.38. The van der Waals surface area contributed by atoms with Crippen molar-refractivity contribution in [2.24, 2.45) is 0 Å².